The lowest BCUT2D eigenvalue weighted by molar-refractivity contribution is -0.167. The van der Waals surface area contributed by atoms with Gasteiger partial charge < -0.3 is 14.2 Å². The maximum absolute atomic E-state index is 12.8. The lowest BCUT2D eigenvalue weighted by atomic mass is 10.0. The summed E-state index contributed by atoms with van der Waals surface area (Å²) in [5, 5.41) is 0. The first-order valence-electron chi connectivity index (χ1n) is 27.0. The van der Waals surface area contributed by atoms with E-state index in [4.69, 9.17) is 14.2 Å². The van der Waals surface area contributed by atoms with Gasteiger partial charge in [0.25, 0.3) is 0 Å². The molecule has 0 fully saturated rings. The fourth-order valence-electron chi connectivity index (χ4n) is 7.11. The van der Waals surface area contributed by atoms with E-state index in [9.17, 15) is 14.4 Å². The Morgan fingerprint density at radius 2 is 0.667 bits per heavy atom. The molecule has 0 N–H and O–H groups in total. The summed E-state index contributed by atoms with van der Waals surface area (Å²) in [6.07, 6.45) is 72.3. The van der Waals surface area contributed by atoms with Gasteiger partial charge >= 0.3 is 17.9 Å². The summed E-state index contributed by atoms with van der Waals surface area (Å²) in [7, 11) is 0. The average Bonchev–Trinajstić information content (AvgIpc) is 3.31. The molecule has 0 aliphatic rings. The molecule has 1 unspecified atom stereocenters. The predicted molar refractivity (Wildman–Crippen MR) is 283 cm³/mol. The monoisotopic (exact) mass is 915 g/mol. The Balaban J connectivity index is 4.53. The van der Waals surface area contributed by atoms with Gasteiger partial charge in [-0.3, -0.25) is 14.4 Å². The molecular formula is C60H98O6. The third-order valence-electron chi connectivity index (χ3n) is 11.1. The van der Waals surface area contributed by atoms with Crippen LogP contribution in [-0.2, 0) is 28.6 Å². The summed E-state index contributed by atoms with van der Waals surface area (Å²) in [6, 6.07) is 0. The summed E-state index contributed by atoms with van der Waals surface area (Å²) in [5.74, 6) is -1.06. The number of carbonyl (C=O) groups is 3. The Bertz CT molecular complexity index is 1370. The summed E-state index contributed by atoms with van der Waals surface area (Å²) in [4.78, 5) is 38.0. The molecule has 0 heterocycles. The second-order valence-electron chi connectivity index (χ2n) is 17.5. The molecular weight excluding hydrogens is 817 g/mol. The molecule has 1 atom stereocenters. The molecule has 0 aliphatic heterocycles. The highest BCUT2D eigenvalue weighted by Gasteiger charge is 2.19. The van der Waals surface area contributed by atoms with Crippen LogP contribution in [0.4, 0.5) is 0 Å². The molecule has 0 amide bonds. The van der Waals surface area contributed by atoms with E-state index in [0.29, 0.717) is 19.3 Å². The van der Waals surface area contributed by atoms with E-state index < -0.39 is 6.10 Å². The van der Waals surface area contributed by atoms with Gasteiger partial charge in [-0.2, -0.15) is 0 Å². The van der Waals surface area contributed by atoms with Crippen molar-refractivity contribution in [1.82, 2.24) is 0 Å². The predicted octanol–water partition coefficient (Wildman–Crippen LogP) is 17.9. The number of rotatable bonds is 47. The van der Waals surface area contributed by atoms with E-state index in [2.05, 4.69) is 75.5 Å². The van der Waals surface area contributed by atoms with Crippen LogP contribution in [0.25, 0.3) is 0 Å². The second kappa shape index (κ2) is 53.7. The van der Waals surface area contributed by atoms with Gasteiger partial charge in [-0.05, 0) is 70.6 Å². The Labute approximate surface area is 406 Å². The number of carbonyl (C=O) groups excluding carboxylic acids is 3. The van der Waals surface area contributed by atoms with Crippen LogP contribution in [0, 0.1) is 0 Å². The summed E-state index contributed by atoms with van der Waals surface area (Å²) in [5.41, 5.74) is 0. The molecule has 0 aliphatic carbocycles. The van der Waals surface area contributed by atoms with Crippen LogP contribution in [0.2, 0.25) is 0 Å². The molecule has 0 aromatic rings. The third kappa shape index (κ3) is 51.1. The number of esters is 3. The van der Waals surface area contributed by atoms with Gasteiger partial charge in [-0.25, -0.2) is 0 Å². The Morgan fingerprint density at radius 3 is 1.12 bits per heavy atom. The first-order chi connectivity index (χ1) is 32.5. The number of unbranched alkanes of at least 4 members (excludes halogenated alkanes) is 22. The van der Waals surface area contributed by atoms with Crippen molar-refractivity contribution in [3.63, 3.8) is 0 Å². The molecule has 6 heteroatoms. The van der Waals surface area contributed by atoms with Crippen LogP contribution >= 0.6 is 0 Å². The van der Waals surface area contributed by atoms with Gasteiger partial charge in [0.1, 0.15) is 13.2 Å². The molecule has 0 saturated heterocycles. The van der Waals surface area contributed by atoms with E-state index in [1.54, 1.807) is 0 Å². The van der Waals surface area contributed by atoms with E-state index in [0.717, 1.165) is 57.8 Å². The van der Waals surface area contributed by atoms with E-state index in [-0.39, 0.29) is 44.0 Å². The fraction of sp³-hybridized carbons (Fsp3) is 0.650. The molecule has 0 saturated carbocycles. The highest BCUT2D eigenvalue weighted by molar-refractivity contribution is 5.71. The Hall–Kier alpha value is -3.93. The summed E-state index contributed by atoms with van der Waals surface area (Å²) < 4.78 is 16.7. The van der Waals surface area contributed by atoms with Crippen molar-refractivity contribution in [2.45, 2.75) is 239 Å². The van der Waals surface area contributed by atoms with Crippen molar-refractivity contribution in [3.8, 4) is 0 Å². The summed E-state index contributed by atoms with van der Waals surface area (Å²) >= 11 is 0. The van der Waals surface area contributed by atoms with Crippen molar-refractivity contribution in [2.75, 3.05) is 13.2 Å². The molecule has 0 aromatic carbocycles. The van der Waals surface area contributed by atoms with Gasteiger partial charge in [0, 0.05) is 19.3 Å². The zero-order valence-corrected chi connectivity index (χ0v) is 42.7. The number of hydrogen-bond donors (Lipinski definition) is 0. The van der Waals surface area contributed by atoms with Crippen LogP contribution < -0.4 is 0 Å². The van der Waals surface area contributed by atoms with Gasteiger partial charge in [0.15, 0.2) is 6.10 Å². The molecule has 0 bridgehead atoms. The fourth-order valence-corrected chi connectivity index (χ4v) is 7.11. The van der Waals surface area contributed by atoms with Crippen molar-refractivity contribution in [2.24, 2.45) is 0 Å². The highest BCUT2D eigenvalue weighted by Crippen LogP contribution is 2.15. The maximum atomic E-state index is 12.8. The standard InChI is InChI=1S/C60H98O6/c1-4-7-10-13-16-19-22-25-27-29-31-32-35-38-41-44-47-50-53-59(62)65-56-57(55-64-58(61)52-49-46-43-40-37-34-24-21-18-15-12-9-6-3)66-60(63)54-51-48-45-42-39-36-33-30-28-26-23-20-17-14-11-8-5-2/h9,12,15,17-18,20-21,24,26,28,33-34,36-37,40,42-43,45,57H,4-8,10-11,13-14,16,19,22-23,25,27,29-32,35,38-39,41,44,46-56H2,1-3H3/b12-9+,18-15+,20-17+,24-21+,28-26+,36-33+,37-34+,43-40+,45-42+. The smallest absolute Gasteiger partial charge is 0.306 e. The molecule has 6 nitrogen and oxygen atoms in total. The Kier molecular flexibility index (Phi) is 50.5. The first-order valence-corrected chi connectivity index (χ1v) is 27.0. The van der Waals surface area contributed by atoms with Crippen molar-refractivity contribution in [3.05, 3.63) is 109 Å². The molecule has 0 rings (SSSR count). The van der Waals surface area contributed by atoms with E-state index in [1.165, 1.54) is 122 Å². The zero-order valence-electron chi connectivity index (χ0n) is 42.7. The normalized spacial score (nSPS) is 13.0. The first kappa shape index (κ1) is 62.1. The lowest BCUT2D eigenvalue weighted by Crippen LogP contribution is -2.30. The second-order valence-corrected chi connectivity index (χ2v) is 17.5. The van der Waals surface area contributed by atoms with Crippen LogP contribution in [0.5, 0.6) is 0 Å². The van der Waals surface area contributed by atoms with Crippen LogP contribution in [0.3, 0.4) is 0 Å². The topological polar surface area (TPSA) is 78.9 Å². The van der Waals surface area contributed by atoms with E-state index in [1.807, 2.05) is 54.7 Å². The minimum atomic E-state index is -0.835. The van der Waals surface area contributed by atoms with E-state index >= 15 is 0 Å². The minimum absolute atomic E-state index is 0.122. The van der Waals surface area contributed by atoms with Crippen LogP contribution in [0.15, 0.2) is 109 Å². The van der Waals surface area contributed by atoms with Crippen molar-refractivity contribution >= 4 is 17.9 Å². The zero-order chi connectivity index (χ0) is 47.9. The maximum Gasteiger partial charge on any atom is 0.306 e. The summed E-state index contributed by atoms with van der Waals surface area (Å²) in [6.45, 7) is 6.36. The van der Waals surface area contributed by atoms with Crippen molar-refractivity contribution < 1.29 is 28.6 Å². The molecule has 66 heavy (non-hydrogen) atoms. The number of ether oxygens (including phenoxy) is 3. The average molecular weight is 915 g/mol. The van der Waals surface area contributed by atoms with Gasteiger partial charge in [-0.1, -0.05) is 252 Å². The largest absolute Gasteiger partial charge is 0.462 e. The molecule has 0 aromatic heterocycles. The number of allylic oxidation sites excluding steroid dienone is 18. The molecule has 0 spiro atoms. The van der Waals surface area contributed by atoms with Gasteiger partial charge in [0.2, 0.25) is 0 Å². The van der Waals surface area contributed by atoms with Crippen LogP contribution in [-0.4, -0.2) is 37.2 Å². The Morgan fingerprint density at radius 1 is 0.333 bits per heavy atom. The van der Waals surface area contributed by atoms with Gasteiger partial charge in [0.05, 0.1) is 0 Å². The molecule has 374 valence electrons. The highest BCUT2D eigenvalue weighted by atomic mass is 16.6. The van der Waals surface area contributed by atoms with Crippen LogP contribution in [0.1, 0.15) is 233 Å². The minimum Gasteiger partial charge on any atom is -0.462 e. The van der Waals surface area contributed by atoms with Gasteiger partial charge in [-0.15, -0.1) is 0 Å². The number of hydrogen-bond acceptors (Lipinski definition) is 6. The van der Waals surface area contributed by atoms with Crippen molar-refractivity contribution in [1.29, 1.82) is 0 Å². The SMILES string of the molecule is CC/C=C/C=C/C=C/C=C/C=C/CCCC(=O)OCC(COC(=O)CCCCCCCCCCCCCCCCCCCC)OC(=O)CCC/C=C/C/C=C/C/C=C/C/C=C/CCCCC. The molecule has 0 radical (unpaired) electrons. The lowest BCUT2D eigenvalue weighted by Gasteiger charge is -2.18. The quantitative estimate of drug-likeness (QED) is 0.0199. The third-order valence-corrected chi connectivity index (χ3v) is 11.1.